The smallest absolute Gasteiger partial charge is 0.339 e. The second kappa shape index (κ2) is 5.17. The lowest BCUT2D eigenvalue weighted by Crippen LogP contribution is -2.13. The summed E-state index contributed by atoms with van der Waals surface area (Å²) in [6.07, 6.45) is 4.93. The van der Waals surface area contributed by atoms with E-state index in [0.29, 0.717) is 17.1 Å². The van der Waals surface area contributed by atoms with Crippen molar-refractivity contribution in [1.82, 2.24) is 4.98 Å². The first-order chi connectivity index (χ1) is 8.20. The zero-order chi connectivity index (χ0) is 12.3. The van der Waals surface area contributed by atoms with Gasteiger partial charge in [-0.25, -0.2) is 9.78 Å². The minimum Gasteiger partial charge on any atom is -0.474 e. The van der Waals surface area contributed by atoms with E-state index in [-0.39, 0.29) is 12.1 Å². The van der Waals surface area contributed by atoms with E-state index < -0.39 is 0 Å². The predicted octanol–water partition coefficient (Wildman–Crippen LogP) is 2.50. The molecule has 1 heterocycles. The van der Waals surface area contributed by atoms with Crippen LogP contribution in [0.3, 0.4) is 0 Å². The van der Waals surface area contributed by atoms with Gasteiger partial charge >= 0.3 is 5.97 Å². The van der Waals surface area contributed by atoms with E-state index >= 15 is 0 Å². The number of aryl methyl sites for hydroxylation is 1. The Morgan fingerprint density at radius 2 is 2.06 bits per heavy atom. The first-order valence-corrected chi connectivity index (χ1v) is 5.93. The van der Waals surface area contributed by atoms with Gasteiger partial charge in [-0.2, -0.15) is 0 Å². The molecule has 0 spiro atoms. The van der Waals surface area contributed by atoms with Crippen molar-refractivity contribution in [1.29, 1.82) is 0 Å². The van der Waals surface area contributed by atoms with Gasteiger partial charge in [0.2, 0.25) is 5.88 Å². The molecular weight excluding hydrogens is 218 g/mol. The quantitative estimate of drug-likeness (QED) is 0.755. The van der Waals surface area contributed by atoms with Gasteiger partial charge in [0, 0.05) is 6.07 Å². The Morgan fingerprint density at radius 3 is 2.65 bits per heavy atom. The van der Waals surface area contributed by atoms with E-state index in [2.05, 4.69) is 9.72 Å². The summed E-state index contributed by atoms with van der Waals surface area (Å²) in [5, 5.41) is 0. The number of carbonyl (C=O) groups is 1. The number of hydrogen-bond acceptors (Lipinski definition) is 4. The van der Waals surface area contributed by atoms with Crippen LogP contribution in [0.25, 0.3) is 0 Å². The van der Waals surface area contributed by atoms with Gasteiger partial charge in [-0.1, -0.05) is 0 Å². The van der Waals surface area contributed by atoms with Gasteiger partial charge in [-0.3, -0.25) is 0 Å². The summed E-state index contributed by atoms with van der Waals surface area (Å²) in [5.41, 5.74) is 1.14. The van der Waals surface area contributed by atoms with Crippen molar-refractivity contribution in [3.8, 4) is 5.88 Å². The van der Waals surface area contributed by atoms with Gasteiger partial charge in [0.25, 0.3) is 0 Å². The van der Waals surface area contributed by atoms with Crippen LogP contribution in [0.2, 0.25) is 0 Å². The molecule has 0 bridgehead atoms. The fourth-order valence-corrected chi connectivity index (χ4v) is 2.11. The molecule has 1 aromatic rings. The highest BCUT2D eigenvalue weighted by Gasteiger charge is 2.18. The van der Waals surface area contributed by atoms with Gasteiger partial charge in [0.05, 0.1) is 18.4 Å². The number of carbonyl (C=O) groups excluding carboxylic acids is 1. The molecule has 4 heteroatoms. The molecule has 1 aliphatic carbocycles. The summed E-state index contributed by atoms with van der Waals surface area (Å²) in [6, 6.07) is 3.44. The Bertz CT molecular complexity index is 411. The van der Waals surface area contributed by atoms with Crippen LogP contribution >= 0.6 is 0 Å². The van der Waals surface area contributed by atoms with Crippen molar-refractivity contribution in [2.24, 2.45) is 0 Å². The van der Waals surface area contributed by atoms with Crippen molar-refractivity contribution in [3.63, 3.8) is 0 Å². The summed E-state index contributed by atoms with van der Waals surface area (Å²) >= 11 is 0. The van der Waals surface area contributed by atoms with Gasteiger partial charge in [0.15, 0.2) is 0 Å². The number of esters is 1. The molecule has 0 unspecified atom stereocenters. The molecule has 1 aromatic heterocycles. The highest BCUT2D eigenvalue weighted by molar-refractivity contribution is 5.90. The largest absolute Gasteiger partial charge is 0.474 e. The van der Waals surface area contributed by atoms with E-state index in [4.69, 9.17) is 4.74 Å². The van der Waals surface area contributed by atoms with Crippen molar-refractivity contribution in [2.45, 2.75) is 38.7 Å². The van der Waals surface area contributed by atoms with Crippen LogP contribution < -0.4 is 4.74 Å². The zero-order valence-electron chi connectivity index (χ0n) is 10.2. The van der Waals surface area contributed by atoms with Crippen LogP contribution in [0.4, 0.5) is 0 Å². The van der Waals surface area contributed by atoms with Gasteiger partial charge in [0.1, 0.15) is 6.10 Å². The molecule has 1 fully saturated rings. The number of hydrogen-bond donors (Lipinski definition) is 0. The van der Waals surface area contributed by atoms with Gasteiger partial charge in [-0.05, 0) is 38.7 Å². The topological polar surface area (TPSA) is 48.4 Å². The predicted molar refractivity (Wildman–Crippen MR) is 63.2 cm³/mol. The molecule has 0 radical (unpaired) electrons. The van der Waals surface area contributed by atoms with E-state index in [1.807, 2.05) is 0 Å². The second-order valence-corrected chi connectivity index (χ2v) is 4.30. The van der Waals surface area contributed by atoms with Gasteiger partial charge < -0.3 is 9.47 Å². The van der Waals surface area contributed by atoms with Crippen molar-refractivity contribution in [2.75, 3.05) is 7.11 Å². The van der Waals surface area contributed by atoms with Crippen LogP contribution in [0.15, 0.2) is 12.1 Å². The Hall–Kier alpha value is -1.58. The highest BCUT2D eigenvalue weighted by atomic mass is 16.5. The molecule has 0 atom stereocenters. The standard InChI is InChI=1S/C13H17NO3/c1-9-11(13(15)16-2)7-8-12(14-9)17-10-5-3-4-6-10/h7-8,10H,3-6H2,1-2H3. The van der Waals surface area contributed by atoms with E-state index in [9.17, 15) is 4.79 Å². The minimum absolute atomic E-state index is 0.283. The molecule has 92 valence electrons. The van der Waals surface area contributed by atoms with Crippen molar-refractivity contribution < 1.29 is 14.3 Å². The van der Waals surface area contributed by atoms with E-state index in [1.165, 1.54) is 20.0 Å². The third-order valence-corrected chi connectivity index (χ3v) is 3.06. The fraction of sp³-hybridized carbons (Fsp3) is 0.538. The lowest BCUT2D eigenvalue weighted by Gasteiger charge is -2.13. The number of nitrogens with zero attached hydrogens (tertiary/aromatic N) is 1. The summed E-state index contributed by atoms with van der Waals surface area (Å²) in [6.45, 7) is 1.79. The number of ether oxygens (including phenoxy) is 2. The molecular formula is C13H17NO3. The third-order valence-electron chi connectivity index (χ3n) is 3.06. The third kappa shape index (κ3) is 2.75. The van der Waals surface area contributed by atoms with Crippen LogP contribution in [0.1, 0.15) is 41.7 Å². The molecule has 0 N–H and O–H groups in total. The molecule has 4 nitrogen and oxygen atoms in total. The highest BCUT2D eigenvalue weighted by Crippen LogP contribution is 2.23. The van der Waals surface area contributed by atoms with Crippen LogP contribution in [-0.2, 0) is 4.74 Å². The molecule has 1 saturated carbocycles. The molecule has 17 heavy (non-hydrogen) atoms. The maximum absolute atomic E-state index is 11.4. The number of pyridine rings is 1. The normalized spacial score (nSPS) is 15.9. The lowest BCUT2D eigenvalue weighted by atomic mass is 10.2. The average molecular weight is 235 g/mol. The number of methoxy groups -OCH3 is 1. The molecule has 0 amide bonds. The summed E-state index contributed by atoms with van der Waals surface area (Å²) in [7, 11) is 1.37. The molecule has 0 saturated heterocycles. The first kappa shape index (κ1) is 11.9. The second-order valence-electron chi connectivity index (χ2n) is 4.30. The van der Waals surface area contributed by atoms with Crippen molar-refractivity contribution in [3.05, 3.63) is 23.4 Å². The van der Waals surface area contributed by atoms with Gasteiger partial charge in [-0.15, -0.1) is 0 Å². The SMILES string of the molecule is COC(=O)c1ccc(OC2CCCC2)nc1C. The Morgan fingerprint density at radius 1 is 1.35 bits per heavy atom. The monoisotopic (exact) mass is 235 g/mol. The summed E-state index contributed by atoms with van der Waals surface area (Å²) in [4.78, 5) is 15.7. The Kier molecular flexibility index (Phi) is 3.61. The van der Waals surface area contributed by atoms with E-state index in [1.54, 1.807) is 19.1 Å². The minimum atomic E-state index is -0.359. The van der Waals surface area contributed by atoms with Crippen molar-refractivity contribution >= 4 is 5.97 Å². The number of rotatable bonds is 3. The maximum Gasteiger partial charge on any atom is 0.339 e. The van der Waals surface area contributed by atoms with E-state index in [0.717, 1.165) is 12.8 Å². The molecule has 0 aliphatic heterocycles. The van der Waals surface area contributed by atoms with Crippen LogP contribution in [0.5, 0.6) is 5.88 Å². The first-order valence-electron chi connectivity index (χ1n) is 5.93. The molecule has 2 rings (SSSR count). The summed E-state index contributed by atoms with van der Waals surface area (Å²) in [5.74, 6) is 0.240. The molecule has 1 aliphatic rings. The number of aromatic nitrogens is 1. The molecule has 0 aromatic carbocycles. The zero-order valence-corrected chi connectivity index (χ0v) is 10.2. The fourth-order valence-electron chi connectivity index (χ4n) is 2.11. The Balaban J connectivity index is 2.10. The lowest BCUT2D eigenvalue weighted by molar-refractivity contribution is 0.0599. The summed E-state index contributed by atoms with van der Waals surface area (Å²) < 4.78 is 10.4. The Labute approximate surface area is 101 Å². The van der Waals surface area contributed by atoms with Crippen LogP contribution in [-0.4, -0.2) is 24.2 Å². The van der Waals surface area contributed by atoms with Crippen LogP contribution in [0, 0.1) is 6.92 Å². The maximum atomic E-state index is 11.4. The average Bonchev–Trinajstić information content (AvgIpc) is 2.81.